The Bertz CT molecular complexity index is 1080. The van der Waals surface area contributed by atoms with Gasteiger partial charge in [-0.25, -0.2) is 0 Å². The smallest absolute Gasteiger partial charge is 0.163 e. The van der Waals surface area contributed by atoms with Crippen molar-refractivity contribution in [2.24, 2.45) is 4.99 Å². The number of anilines is 1. The molecule has 3 rings (SSSR count). The van der Waals surface area contributed by atoms with Gasteiger partial charge >= 0.3 is 0 Å². The molecule has 0 saturated heterocycles. The molecule has 3 aromatic rings. The van der Waals surface area contributed by atoms with Crippen LogP contribution in [0, 0.1) is 5.41 Å². The van der Waals surface area contributed by atoms with Gasteiger partial charge in [-0.05, 0) is 30.7 Å². The molecule has 6 nitrogen and oxygen atoms in total. The Morgan fingerprint density at radius 1 is 1.10 bits per heavy atom. The van der Waals surface area contributed by atoms with Crippen molar-refractivity contribution in [2.75, 3.05) is 18.6 Å². The maximum absolute atomic E-state index is 10.3. The number of fused-ring (bicyclic) bond motifs is 1. The van der Waals surface area contributed by atoms with E-state index in [2.05, 4.69) is 24.5 Å². The lowest BCUT2D eigenvalue weighted by molar-refractivity contribution is 0.321. The van der Waals surface area contributed by atoms with Crippen molar-refractivity contribution in [1.29, 1.82) is 5.41 Å². The third kappa shape index (κ3) is 4.14. The van der Waals surface area contributed by atoms with Crippen LogP contribution in [0.1, 0.15) is 18.9 Å². The van der Waals surface area contributed by atoms with Crippen molar-refractivity contribution >= 4 is 40.1 Å². The van der Waals surface area contributed by atoms with Gasteiger partial charge in [0.15, 0.2) is 5.17 Å². The highest BCUT2D eigenvalue weighted by atomic mass is 32.1. The Balaban J connectivity index is 2.19. The number of benzene rings is 3. The van der Waals surface area contributed by atoms with Crippen molar-refractivity contribution in [1.82, 2.24) is 0 Å². The Labute approximate surface area is 175 Å². The van der Waals surface area contributed by atoms with E-state index in [0.717, 1.165) is 22.9 Å². The minimum atomic E-state index is -0.141. The normalized spacial score (nSPS) is 11.5. The minimum Gasteiger partial charge on any atom is -0.508 e. The summed E-state index contributed by atoms with van der Waals surface area (Å²) in [6.07, 6.45) is 0.899. The molecule has 150 valence electrons. The quantitative estimate of drug-likeness (QED) is 0.277. The van der Waals surface area contributed by atoms with Gasteiger partial charge < -0.3 is 14.9 Å². The summed E-state index contributed by atoms with van der Waals surface area (Å²) < 4.78 is 5.88. The largest absolute Gasteiger partial charge is 0.508 e. The van der Waals surface area contributed by atoms with E-state index < -0.39 is 0 Å². The summed E-state index contributed by atoms with van der Waals surface area (Å²) in [6, 6.07) is 15.7. The Morgan fingerprint density at radius 3 is 2.45 bits per heavy atom. The van der Waals surface area contributed by atoms with Crippen molar-refractivity contribution in [2.45, 2.75) is 13.3 Å². The number of phenols is 2. The molecule has 0 aliphatic heterocycles. The van der Waals surface area contributed by atoms with Crippen LogP contribution < -0.4 is 9.64 Å². The lowest BCUT2D eigenvalue weighted by Crippen LogP contribution is -2.34. The zero-order valence-corrected chi connectivity index (χ0v) is 17.1. The maximum atomic E-state index is 10.3. The van der Waals surface area contributed by atoms with Crippen LogP contribution in [-0.4, -0.2) is 34.9 Å². The second-order valence-electron chi connectivity index (χ2n) is 6.38. The lowest BCUT2D eigenvalue weighted by Gasteiger charge is -2.26. The number of rotatable bonds is 5. The molecule has 0 saturated carbocycles. The van der Waals surface area contributed by atoms with Gasteiger partial charge in [-0.1, -0.05) is 31.2 Å². The summed E-state index contributed by atoms with van der Waals surface area (Å²) >= 11 is 4.28. The molecular formula is C22H23N3O3S. The average molecular weight is 410 g/mol. The maximum Gasteiger partial charge on any atom is 0.163 e. The van der Waals surface area contributed by atoms with Gasteiger partial charge in [0.05, 0.1) is 17.9 Å². The number of nitrogens with one attached hydrogen (secondary N) is 1. The standard InChI is InChI=1S/C22H23N3O3S/c1-3-12-28-20-11-10-18(15-6-4-5-7-16(15)20)25(22(23)29)21(24-2)17-9-8-14(26)13-19(17)27/h4-11,13,26-27H,3,12H2,1-2H3,(H2,23,29)/b24-21-. The third-order valence-corrected chi connectivity index (χ3v) is 4.62. The molecule has 3 N–H and O–H groups in total. The number of phenolic OH excluding ortho intramolecular Hbond substituents is 2. The van der Waals surface area contributed by atoms with Crippen LogP contribution in [0.4, 0.5) is 5.69 Å². The van der Waals surface area contributed by atoms with E-state index in [1.54, 1.807) is 18.0 Å². The average Bonchev–Trinajstić information content (AvgIpc) is 2.71. The van der Waals surface area contributed by atoms with Crippen LogP contribution in [0.3, 0.4) is 0 Å². The highest BCUT2D eigenvalue weighted by Crippen LogP contribution is 2.36. The van der Waals surface area contributed by atoms with Gasteiger partial charge in [0.25, 0.3) is 0 Å². The number of hydrogen-bond donors (Lipinski definition) is 4. The fourth-order valence-corrected chi connectivity index (χ4v) is 3.37. The number of hydrogen-bond acceptors (Lipinski definition) is 5. The van der Waals surface area contributed by atoms with E-state index in [4.69, 9.17) is 10.1 Å². The molecular weight excluding hydrogens is 386 g/mol. The van der Waals surface area contributed by atoms with Gasteiger partial charge in [0.2, 0.25) is 0 Å². The first kappa shape index (κ1) is 20.5. The highest BCUT2D eigenvalue weighted by Gasteiger charge is 2.23. The number of aromatic hydroxyl groups is 2. The first-order valence-corrected chi connectivity index (χ1v) is 9.64. The summed E-state index contributed by atoms with van der Waals surface area (Å²) in [5, 5.41) is 29.9. The Kier molecular flexibility index (Phi) is 6.29. The summed E-state index contributed by atoms with van der Waals surface area (Å²) in [4.78, 5) is 5.85. The number of aliphatic imine (C=N–C) groups is 1. The van der Waals surface area contributed by atoms with Crippen LogP contribution >= 0.6 is 12.6 Å². The first-order valence-electron chi connectivity index (χ1n) is 9.19. The predicted molar refractivity (Wildman–Crippen MR) is 121 cm³/mol. The number of amidine groups is 2. The third-order valence-electron chi connectivity index (χ3n) is 4.42. The molecule has 0 aromatic heterocycles. The molecule has 0 aliphatic rings. The molecule has 29 heavy (non-hydrogen) atoms. The van der Waals surface area contributed by atoms with E-state index in [1.807, 2.05) is 36.4 Å². The van der Waals surface area contributed by atoms with Gasteiger partial charge in [0.1, 0.15) is 23.1 Å². The molecule has 0 atom stereocenters. The number of thiol groups is 1. The van der Waals surface area contributed by atoms with Crippen LogP contribution in [0.5, 0.6) is 17.2 Å². The van der Waals surface area contributed by atoms with Crippen LogP contribution in [-0.2, 0) is 0 Å². The zero-order valence-electron chi connectivity index (χ0n) is 16.3. The molecule has 0 unspecified atom stereocenters. The van der Waals surface area contributed by atoms with Gasteiger partial charge in [-0.15, -0.1) is 12.6 Å². The molecule has 0 spiro atoms. The second-order valence-corrected chi connectivity index (χ2v) is 6.81. The van der Waals surface area contributed by atoms with Crippen molar-refractivity contribution in [3.63, 3.8) is 0 Å². The van der Waals surface area contributed by atoms with Gasteiger partial charge in [-0.3, -0.25) is 15.3 Å². The van der Waals surface area contributed by atoms with Gasteiger partial charge in [-0.2, -0.15) is 0 Å². The van der Waals surface area contributed by atoms with E-state index >= 15 is 0 Å². The van der Waals surface area contributed by atoms with E-state index in [0.29, 0.717) is 23.7 Å². The fraction of sp³-hybridized carbons (Fsp3) is 0.182. The molecule has 0 amide bonds. The molecule has 0 heterocycles. The van der Waals surface area contributed by atoms with Crippen molar-refractivity contribution in [3.8, 4) is 17.2 Å². The molecule has 0 aliphatic carbocycles. The highest BCUT2D eigenvalue weighted by molar-refractivity contribution is 7.97. The topological polar surface area (TPSA) is 89.1 Å². The fourth-order valence-electron chi connectivity index (χ4n) is 3.17. The Morgan fingerprint density at radius 2 is 1.83 bits per heavy atom. The predicted octanol–water partition coefficient (Wildman–Crippen LogP) is 4.79. The lowest BCUT2D eigenvalue weighted by atomic mass is 10.1. The van der Waals surface area contributed by atoms with Gasteiger partial charge in [0, 0.05) is 23.9 Å². The molecule has 0 bridgehead atoms. The monoisotopic (exact) mass is 409 g/mol. The SMILES string of the molecule is CCCOc1ccc(N(C(=N)S)/C(=N\C)c2ccc(O)cc2O)c2ccccc12. The molecule has 0 radical (unpaired) electrons. The Hall–Kier alpha value is -3.19. The summed E-state index contributed by atoms with van der Waals surface area (Å²) in [7, 11) is 1.58. The number of ether oxygens (including phenoxy) is 1. The number of nitrogens with zero attached hydrogens (tertiary/aromatic N) is 2. The molecule has 7 heteroatoms. The first-order chi connectivity index (χ1) is 14.0. The van der Waals surface area contributed by atoms with Crippen LogP contribution in [0.25, 0.3) is 10.8 Å². The van der Waals surface area contributed by atoms with Crippen LogP contribution in [0.15, 0.2) is 59.6 Å². The molecule has 0 fully saturated rings. The second kappa shape index (κ2) is 8.87. The summed E-state index contributed by atoms with van der Waals surface area (Å²) in [5.41, 5.74) is 1.05. The zero-order chi connectivity index (χ0) is 21.0. The van der Waals surface area contributed by atoms with Crippen molar-refractivity contribution in [3.05, 3.63) is 60.2 Å². The molecule has 3 aromatic carbocycles. The minimum absolute atomic E-state index is 0.0583. The van der Waals surface area contributed by atoms with E-state index in [-0.39, 0.29) is 16.7 Å². The summed E-state index contributed by atoms with van der Waals surface area (Å²) in [5.74, 6) is 0.892. The van der Waals surface area contributed by atoms with E-state index in [9.17, 15) is 10.2 Å². The summed E-state index contributed by atoms with van der Waals surface area (Å²) in [6.45, 7) is 2.66. The van der Waals surface area contributed by atoms with Crippen LogP contribution in [0.2, 0.25) is 0 Å². The van der Waals surface area contributed by atoms with Crippen molar-refractivity contribution < 1.29 is 14.9 Å². The van der Waals surface area contributed by atoms with E-state index in [1.165, 1.54) is 12.1 Å².